The standard InChI is InChI=1S/C11H12FN3S/c1-7-14-10(6-16-7)11(15-13)8-4-2-3-5-9(8)12/h2-6,11,15H,13H2,1H3. The Morgan fingerprint density at radius 3 is 2.75 bits per heavy atom. The number of benzene rings is 1. The van der Waals surface area contributed by atoms with Crippen molar-refractivity contribution in [2.45, 2.75) is 13.0 Å². The Kier molecular flexibility index (Phi) is 3.28. The number of nitrogens with zero attached hydrogens (tertiary/aromatic N) is 1. The molecule has 16 heavy (non-hydrogen) atoms. The molecular weight excluding hydrogens is 225 g/mol. The van der Waals surface area contributed by atoms with E-state index in [1.54, 1.807) is 18.2 Å². The van der Waals surface area contributed by atoms with E-state index in [0.29, 0.717) is 5.56 Å². The summed E-state index contributed by atoms with van der Waals surface area (Å²) in [6.07, 6.45) is 0. The van der Waals surface area contributed by atoms with Crippen molar-refractivity contribution in [3.8, 4) is 0 Å². The average molecular weight is 237 g/mol. The van der Waals surface area contributed by atoms with E-state index >= 15 is 0 Å². The van der Waals surface area contributed by atoms with E-state index in [9.17, 15) is 4.39 Å². The van der Waals surface area contributed by atoms with Gasteiger partial charge in [-0.2, -0.15) is 0 Å². The fraction of sp³-hybridized carbons (Fsp3) is 0.182. The molecule has 5 heteroatoms. The highest BCUT2D eigenvalue weighted by Gasteiger charge is 2.18. The molecule has 0 aliphatic rings. The van der Waals surface area contributed by atoms with Crippen molar-refractivity contribution in [3.63, 3.8) is 0 Å². The Hall–Kier alpha value is -1.30. The highest BCUT2D eigenvalue weighted by molar-refractivity contribution is 7.09. The third-order valence-corrected chi connectivity index (χ3v) is 3.11. The zero-order chi connectivity index (χ0) is 11.5. The monoisotopic (exact) mass is 237 g/mol. The van der Waals surface area contributed by atoms with Crippen LogP contribution in [0.1, 0.15) is 22.3 Å². The van der Waals surface area contributed by atoms with E-state index in [0.717, 1.165) is 10.7 Å². The van der Waals surface area contributed by atoms with Crippen LogP contribution < -0.4 is 11.3 Å². The van der Waals surface area contributed by atoms with Crippen LogP contribution in [0.15, 0.2) is 29.6 Å². The molecule has 0 radical (unpaired) electrons. The first-order valence-electron chi connectivity index (χ1n) is 4.85. The SMILES string of the molecule is Cc1nc(C(NN)c2ccccc2F)cs1. The summed E-state index contributed by atoms with van der Waals surface area (Å²) in [6, 6.07) is 6.15. The number of aromatic nitrogens is 1. The number of hydrogen-bond acceptors (Lipinski definition) is 4. The summed E-state index contributed by atoms with van der Waals surface area (Å²) >= 11 is 1.52. The van der Waals surface area contributed by atoms with E-state index in [2.05, 4.69) is 10.4 Å². The summed E-state index contributed by atoms with van der Waals surface area (Å²) in [5.41, 5.74) is 3.85. The number of aryl methyl sites for hydroxylation is 1. The Morgan fingerprint density at radius 2 is 2.19 bits per heavy atom. The summed E-state index contributed by atoms with van der Waals surface area (Å²) in [6.45, 7) is 1.91. The van der Waals surface area contributed by atoms with Crippen molar-refractivity contribution in [2.75, 3.05) is 0 Å². The number of halogens is 1. The number of hydrazine groups is 1. The van der Waals surface area contributed by atoms with E-state index in [1.165, 1.54) is 17.4 Å². The minimum absolute atomic E-state index is 0.281. The third kappa shape index (κ3) is 2.11. The van der Waals surface area contributed by atoms with Crippen LogP contribution in [0.4, 0.5) is 4.39 Å². The van der Waals surface area contributed by atoms with Gasteiger partial charge in [-0.3, -0.25) is 5.84 Å². The van der Waals surface area contributed by atoms with Gasteiger partial charge in [-0.25, -0.2) is 14.8 Å². The molecule has 1 atom stereocenters. The van der Waals surface area contributed by atoms with Gasteiger partial charge in [-0.1, -0.05) is 18.2 Å². The molecule has 2 rings (SSSR count). The lowest BCUT2D eigenvalue weighted by atomic mass is 10.0. The molecule has 3 nitrogen and oxygen atoms in total. The van der Waals surface area contributed by atoms with Gasteiger partial charge in [-0.05, 0) is 13.0 Å². The fourth-order valence-electron chi connectivity index (χ4n) is 1.56. The van der Waals surface area contributed by atoms with Gasteiger partial charge in [0.2, 0.25) is 0 Å². The number of nitrogens with one attached hydrogen (secondary N) is 1. The van der Waals surface area contributed by atoms with Gasteiger partial charge in [0.1, 0.15) is 5.82 Å². The first-order chi connectivity index (χ1) is 7.72. The lowest BCUT2D eigenvalue weighted by Crippen LogP contribution is -2.29. The maximum absolute atomic E-state index is 13.6. The second-order valence-corrected chi connectivity index (χ2v) is 4.47. The quantitative estimate of drug-likeness (QED) is 0.635. The lowest BCUT2D eigenvalue weighted by Gasteiger charge is -2.14. The van der Waals surface area contributed by atoms with Crippen molar-refractivity contribution in [2.24, 2.45) is 5.84 Å². The minimum Gasteiger partial charge on any atom is -0.271 e. The molecule has 1 aromatic carbocycles. The molecule has 1 aromatic heterocycles. The van der Waals surface area contributed by atoms with Gasteiger partial charge in [0.05, 0.1) is 16.7 Å². The minimum atomic E-state index is -0.397. The zero-order valence-electron chi connectivity index (χ0n) is 8.77. The van der Waals surface area contributed by atoms with E-state index in [1.807, 2.05) is 12.3 Å². The van der Waals surface area contributed by atoms with Crippen LogP contribution in [0.3, 0.4) is 0 Å². The lowest BCUT2D eigenvalue weighted by molar-refractivity contribution is 0.554. The average Bonchev–Trinajstić information content (AvgIpc) is 2.69. The molecule has 3 N–H and O–H groups in total. The van der Waals surface area contributed by atoms with Gasteiger partial charge in [0, 0.05) is 10.9 Å². The predicted molar refractivity (Wildman–Crippen MR) is 62.4 cm³/mol. The van der Waals surface area contributed by atoms with Crippen LogP contribution in [-0.2, 0) is 0 Å². The molecule has 1 unspecified atom stereocenters. The van der Waals surface area contributed by atoms with Crippen LogP contribution in [0.25, 0.3) is 0 Å². The molecule has 0 spiro atoms. The highest BCUT2D eigenvalue weighted by Crippen LogP contribution is 2.24. The Labute approximate surface area is 97.1 Å². The number of rotatable bonds is 3. The summed E-state index contributed by atoms with van der Waals surface area (Å²) in [4.78, 5) is 4.31. The van der Waals surface area contributed by atoms with Crippen molar-refractivity contribution in [1.29, 1.82) is 0 Å². The Bertz CT molecular complexity index is 484. The first-order valence-corrected chi connectivity index (χ1v) is 5.73. The van der Waals surface area contributed by atoms with Gasteiger partial charge < -0.3 is 0 Å². The van der Waals surface area contributed by atoms with E-state index in [-0.39, 0.29) is 5.82 Å². The molecule has 0 aliphatic carbocycles. The van der Waals surface area contributed by atoms with Crippen molar-refractivity contribution >= 4 is 11.3 Å². The van der Waals surface area contributed by atoms with Gasteiger partial charge in [0.25, 0.3) is 0 Å². The summed E-state index contributed by atoms with van der Waals surface area (Å²) in [5, 5.41) is 2.82. The van der Waals surface area contributed by atoms with Crippen molar-refractivity contribution < 1.29 is 4.39 Å². The predicted octanol–water partition coefficient (Wildman–Crippen LogP) is 2.14. The van der Waals surface area contributed by atoms with Crippen LogP contribution in [0, 0.1) is 12.7 Å². The number of thiazole rings is 1. The largest absolute Gasteiger partial charge is 0.271 e. The molecule has 0 saturated carbocycles. The third-order valence-electron chi connectivity index (χ3n) is 2.32. The Morgan fingerprint density at radius 1 is 1.44 bits per heavy atom. The normalized spacial score (nSPS) is 12.7. The molecular formula is C11H12FN3S. The molecule has 0 bridgehead atoms. The molecule has 0 aliphatic heterocycles. The maximum atomic E-state index is 13.6. The molecule has 0 amide bonds. The van der Waals surface area contributed by atoms with Crippen molar-refractivity contribution in [1.82, 2.24) is 10.4 Å². The first kappa shape index (κ1) is 11.2. The van der Waals surface area contributed by atoms with Gasteiger partial charge in [0.15, 0.2) is 0 Å². The number of hydrogen-bond donors (Lipinski definition) is 2. The van der Waals surface area contributed by atoms with Gasteiger partial charge in [-0.15, -0.1) is 11.3 Å². The fourth-order valence-corrected chi connectivity index (χ4v) is 2.19. The van der Waals surface area contributed by atoms with Crippen molar-refractivity contribution in [3.05, 3.63) is 51.7 Å². The molecule has 0 fully saturated rings. The van der Waals surface area contributed by atoms with E-state index in [4.69, 9.17) is 5.84 Å². The molecule has 2 aromatic rings. The van der Waals surface area contributed by atoms with Crippen LogP contribution in [0.2, 0.25) is 0 Å². The van der Waals surface area contributed by atoms with E-state index < -0.39 is 6.04 Å². The van der Waals surface area contributed by atoms with Gasteiger partial charge >= 0.3 is 0 Å². The zero-order valence-corrected chi connectivity index (χ0v) is 9.59. The van der Waals surface area contributed by atoms with Crippen LogP contribution in [-0.4, -0.2) is 4.98 Å². The summed E-state index contributed by atoms with van der Waals surface area (Å²) in [7, 11) is 0. The van der Waals surface area contributed by atoms with Crippen LogP contribution in [0.5, 0.6) is 0 Å². The molecule has 84 valence electrons. The van der Waals surface area contributed by atoms with Crippen LogP contribution >= 0.6 is 11.3 Å². The summed E-state index contributed by atoms with van der Waals surface area (Å²) < 4.78 is 13.6. The number of nitrogens with two attached hydrogens (primary N) is 1. The smallest absolute Gasteiger partial charge is 0.128 e. The maximum Gasteiger partial charge on any atom is 0.128 e. The molecule has 0 saturated heterocycles. The second-order valence-electron chi connectivity index (χ2n) is 3.41. The summed E-state index contributed by atoms with van der Waals surface area (Å²) in [5.74, 6) is 5.18. The second kappa shape index (κ2) is 4.69. The highest BCUT2D eigenvalue weighted by atomic mass is 32.1. The topological polar surface area (TPSA) is 50.9 Å². The molecule has 1 heterocycles. The Balaban J connectivity index is 2.40.